The Balaban J connectivity index is 2.22. The van der Waals surface area contributed by atoms with Gasteiger partial charge in [-0.3, -0.25) is 13.9 Å². The Morgan fingerprint density at radius 2 is 1.59 bits per heavy atom. The monoisotopic (exact) mass is 556 g/mol. The number of terminal acetylenes is 1. The lowest BCUT2D eigenvalue weighted by Gasteiger charge is -2.31. The molecule has 0 aliphatic rings. The molecule has 0 saturated carbocycles. The van der Waals surface area contributed by atoms with Crippen molar-refractivity contribution in [3.05, 3.63) is 60.4 Å². The molecule has 0 aliphatic heterocycles. The smallest absolute Gasteiger partial charge is 0.326 e. The van der Waals surface area contributed by atoms with E-state index in [9.17, 15) is 22.4 Å². The van der Waals surface area contributed by atoms with Crippen LogP contribution < -0.4 is 13.9 Å². The molecular formula is C28H29FN2O7S. The zero-order valence-corrected chi connectivity index (χ0v) is 22.8. The third kappa shape index (κ3) is 6.23. The van der Waals surface area contributed by atoms with Gasteiger partial charge in [0.2, 0.25) is 0 Å². The molecule has 0 saturated heterocycles. The quantitative estimate of drug-likeness (QED) is 0.260. The second-order valence-corrected chi connectivity index (χ2v) is 10.4. The van der Waals surface area contributed by atoms with Gasteiger partial charge in [-0.1, -0.05) is 30.2 Å². The minimum atomic E-state index is -4.45. The van der Waals surface area contributed by atoms with Gasteiger partial charge in [-0.2, -0.15) is 0 Å². The zero-order chi connectivity index (χ0) is 28.7. The summed E-state index contributed by atoms with van der Waals surface area (Å²) in [5.74, 6) is 0.367. The second-order valence-electron chi connectivity index (χ2n) is 8.49. The average molecular weight is 557 g/mol. The minimum absolute atomic E-state index is 0.0696. The molecule has 3 aromatic rings. The van der Waals surface area contributed by atoms with Crippen molar-refractivity contribution < 1.29 is 36.6 Å². The SMILES string of the molecule is C#CCN(c1ccc(N(CC(=O)OC)S(=O)(=O)c2ccc(OC)c(F)c2)c2ccccc12)[C@@H](C)CC(=O)OC. The molecule has 3 aromatic carbocycles. The molecule has 39 heavy (non-hydrogen) atoms. The van der Waals surface area contributed by atoms with E-state index in [0.29, 0.717) is 16.5 Å². The lowest BCUT2D eigenvalue weighted by molar-refractivity contribution is -0.141. The fourth-order valence-electron chi connectivity index (χ4n) is 4.16. The summed E-state index contributed by atoms with van der Waals surface area (Å²) in [6, 6.07) is 13.0. The van der Waals surface area contributed by atoms with Crippen LogP contribution in [0.1, 0.15) is 13.3 Å². The van der Waals surface area contributed by atoms with Crippen LogP contribution in [0.5, 0.6) is 5.75 Å². The molecule has 0 spiro atoms. The number of esters is 2. The number of fused-ring (bicyclic) bond motifs is 1. The van der Waals surface area contributed by atoms with Gasteiger partial charge in [0.05, 0.1) is 44.9 Å². The van der Waals surface area contributed by atoms with Crippen LogP contribution in [0.4, 0.5) is 15.8 Å². The van der Waals surface area contributed by atoms with E-state index < -0.39 is 34.3 Å². The number of carbonyl (C=O) groups is 2. The minimum Gasteiger partial charge on any atom is -0.494 e. The third-order valence-corrected chi connectivity index (χ3v) is 7.91. The molecule has 0 aromatic heterocycles. The Bertz CT molecular complexity index is 1520. The van der Waals surface area contributed by atoms with E-state index >= 15 is 0 Å². The molecule has 0 aliphatic carbocycles. The van der Waals surface area contributed by atoms with E-state index in [1.165, 1.54) is 32.4 Å². The van der Waals surface area contributed by atoms with E-state index in [2.05, 4.69) is 5.92 Å². The number of rotatable bonds is 11. The first kappa shape index (κ1) is 29.3. The predicted octanol–water partition coefficient (Wildman–Crippen LogP) is 3.75. The average Bonchev–Trinajstić information content (AvgIpc) is 2.93. The van der Waals surface area contributed by atoms with Gasteiger partial charge in [0, 0.05) is 22.5 Å². The van der Waals surface area contributed by atoms with Gasteiger partial charge in [0.1, 0.15) is 6.54 Å². The van der Waals surface area contributed by atoms with Crippen molar-refractivity contribution in [3.63, 3.8) is 0 Å². The number of carbonyl (C=O) groups excluding carboxylic acids is 2. The zero-order valence-electron chi connectivity index (χ0n) is 22.0. The Kier molecular flexibility index (Phi) is 9.37. The van der Waals surface area contributed by atoms with Crippen LogP contribution in [0.15, 0.2) is 59.5 Å². The molecule has 1 atom stereocenters. The number of halogens is 1. The molecule has 0 bridgehead atoms. The second kappa shape index (κ2) is 12.5. The summed E-state index contributed by atoms with van der Waals surface area (Å²) in [6.45, 7) is 1.32. The number of benzene rings is 3. The molecule has 0 heterocycles. The number of hydrogen-bond acceptors (Lipinski definition) is 8. The maximum absolute atomic E-state index is 14.5. The van der Waals surface area contributed by atoms with Crippen molar-refractivity contribution in [1.82, 2.24) is 0 Å². The highest BCUT2D eigenvalue weighted by Gasteiger charge is 2.31. The fraction of sp³-hybridized carbons (Fsp3) is 0.286. The van der Waals surface area contributed by atoms with Crippen LogP contribution in [0.2, 0.25) is 0 Å². The standard InChI is InChI=1S/C28H29FN2O7S/c1-6-15-30(19(2)16-27(32)37-4)24-12-13-25(22-10-8-7-9-21(22)24)31(18-28(33)38-5)39(34,35)20-11-14-26(36-3)23(29)17-20/h1,7-14,17,19H,15-16,18H2,2-5H3/t19-/m0/s1. The van der Waals surface area contributed by atoms with E-state index in [0.717, 1.165) is 17.5 Å². The first-order chi connectivity index (χ1) is 18.6. The number of sulfonamides is 1. The summed E-state index contributed by atoms with van der Waals surface area (Å²) < 4.78 is 57.4. The Labute approximate surface area is 227 Å². The summed E-state index contributed by atoms with van der Waals surface area (Å²) >= 11 is 0. The summed E-state index contributed by atoms with van der Waals surface area (Å²) in [6.07, 6.45) is 5.70. The van der Waals surface area contributed by atoms with Gasteiger partial charge in [-0.15, -0.1) is 6.42 Å². The van der Waals surface area contributed by atoms with Gasteiger partial charge < -0.3 is 19.1 Å². The lowest BCUT2D eigenvalue weighted by atomic mass is 10.0. The summed E-state index contributed by atoms with van der Waals surface area (Å²) in [7, 11) is -0.742. The molecule has 0 radical (unpaired) electrons. The Morgan fingerprint density at radius 1 is 0.974 bits per heavy atom. The molecule has 9 nitrogen and oxygen atoms in total. The van der Waals surface area contributed by atoms with Crippen LogP contribution in [0.25, 0.3) is 10.8 Å². The molecular weight excluding hydrogens is 527 g/mol. The molecule has 0 unspecified atom stereocenters. The fourth-order valence-corrected chi connectivity index (χ4v) is 5.60. The van der Waals surface area contributed by atoms with E-state index in [1.54, 1.807) is 30.3 Å². The first-order valence-electron chi connectivity index (χ1n) is 11.8. The third-order valence-electron chi connectivity index (χ3n) is 6.15. The van der Waals surface area contributed by atoms with E-state index in [1.807, 2.05) is 11.8 Å². The van der Waals surface area contributed by atoms with Gasteiger partial charge >= 0.3 is 11.9 Å². The normalized spacial score (nSPS) is 11.8. The van der Waals surface area contributed by atoms with Crippen molar-refractivity contribution in [2.45, 2.75) is 24.3 Å². The molecule has 206 valence electrons. The first-order valence-corrected chi connectivity index (χ1v) is 13.2. The maximum Gasteiger partial charge on any atom is 0.326 e. The van der Waals surface area contributed by atoms with Crippen LogP contribution in [-0.4, -0.2) is 60.8 Å². The summed E-state index contributed by atoms with van der Waals surface area (Å²) in [5.41, 5.74) is 0.812. The van der Waals surface area contributed by atoms with Crippen molar-refractivity contribution in [2.75, 3.05) is 43.6 Å². The topological polar surface area (TPSA) is 102 Å². The van der Waals surface area contributed by atoms with Gasteiger partial charge in [0.15, 0.2) is 11.6 Å². The summed E-state index contributed by atoms with van der Waals surface area (Å²) in [4.78, 5) is 25.8. The number of anilines is 2. The van der Waals surface area contributed by atoms with Gasteiger partial charge in [0.25, 0.3) is 10.0 Å². The number of hydrogen-bond donors (Lipinski definition) is 0. The van der Waals surface area contributed by atoms with E-state index in [4.69, 9.17) is 20.6 Å². The van der Waals surface area contributed by atoms with Crippen LogP contribution in [0, 0.1) is 18.2 Å². The van der Waals surface area contributed by atoms with E-state index in [-0.39, 0.29) is 35.3 Å². The van der Waals surface area contributed by atoms with Crippen molar-refractivity contribution in [1.29, 1.82) is 0 Å². The Morgan fingerprint density at radius 3 is 2.15 bits per heavy atom. The molecule has 0 fully saturated rings. The summed E-state index contributed by atoms with van der Waals surface area (Å²) in [5, 5.41) is 1.09. The molecule has 0 amide bonds. The van der Waals surface area contributed by atoms with Crippen molar-refractivity contribution in [3.8, 4) is 18.1 Å². The number of ether oxygens (including phenoxy) is 3. The highest BCUT2D eigenvalue weighted by atomic mass is 32.2. The predicted molar refractivity (Wildman–Crippen MR) is 146 cm³/mol. The van der Waals surface area contributed by atoms with Crippen LogP contribution >= 0.6 is 0 Å². The highest BCUT2D eigenvalue weighted by molar-refractivity contribution is 7.92. The number of methoxy groups -OCH3 is 3. The van der Waals surface area contributed by atoms with Crippen LogP contribution in [-0.2, 0) is 29.1 Å². The maximum atomic E-state index is 14.5. The molecule has 0 N–H and O–H groups in total. The molecule has 3 rings (SSSR count). The lowest BCUT2D eigenvalue weighted by Crippen LogP contribution is -2.37. The Hall–Kier alpha value is -4.30. The van der Waals surface area contributed by atoms with Crippen LogP contribution in [0.3, 0.4) is 0 Å². The van der Waals surface area contributed by atoms with Gasteiger partial charge in [-0.05, 0) is 37.3 Å². The molecule has 11 heteroatoms. The van der Waals surface area contributed by atoms with Gasteiger partial charge in [-0.25, -0.2) is 12.8 Å². The number of nitrogens with zero attached hydrogens (tertiary/aromatic N) is 2. The largest absolute Gasteiger partial charge is 0.494 e. The van der Waals surface area contributed by atoms with Crippen molar-refractivity contribution >= 4 is 44.1 Å². The van der Waals surface area contributed by atoms with Crippen molar-refractivity contribution in [2.24, 2.45) is 0 Å². The highest BCUT2D eigenvalue weighted by Crippen LogP contribution is 2.38.